The first-order chi connectivity index (χ1) is 13.1. The number of fused-ring (bicyclic) bond motifs is 1. The van der Waals surface area contributed by atoms with Crippen molar-refractivity contribution < 1.29 is 32.6 Å². The number of rotatable bonds is 3. The van der Waals surface area contributed by atoms with Crippen LogP contribution in [0.15, 0.2) is 41.1 Å². The van der Waals surface area contributed by atoms with E-state index < -0.39 is 18.1 Å². The number of carbonyl (C=O) groups excluding carboxylic acids is 1. The average molecular weight is 460 g/mol. The summed E-state index contributed by atoms with van der Waals surface area (Å²) < 4.78 is 37.9. The van der Waals surface area contributed by atoms with Gasteiger partial charge in [-0.1, -0.05) is 0 Å². The van der Waals surface area contributed by atoms with E-state index >= 15 is 0 Å². The first-order valence-corrected chi connectivity index (χ1v) is 8.25. The lowest BCUT2D eigenvalue weighted by Crippen LogP contribution is -2.21. The third-order valence-electron chi connectivity index (χ3n) is 3.52. The Morgan fingerprint density at radius 3 is 2.50 bits per heavy atom. The molecule has 0 radical (unpaired) electrons. The number of hydrogen-bond donors (Lipinski definition) is 3. The summed E-state index contributed by atoms with van der Waals surface area (Å²) in [6, 6.07) is 7.41. The molecular weight excluding hydrogens is 447 g/mol. The van der Waals surface area contributed by atoms with Crippen molar-refractivity contribution in [3.63, 3.8) is 0 Å². The van der Waals surface area contributed by atoms with E-state index in [0.717, 1.165) is 21.0 Å². The lowest BCUT2D eigenvalue weighted by Gasteiger charge is -2.09. The van der Waals surface area contributed by atoms with Crippen molar-refractivity contribution in [3.8, 4) is 17.0 Å². The zero-order chi connectivity index (χ0) is 21.1. The molecule has 0 atom stereocenters. The molecule has 0 aliphatic heterocycles. The van der Waals surface area contributed by atoms with Crippen molar-refractivity contribution in [2.75, 3.05) is 7.11 Å². The topological polar surface area (TPSA) is 118 Å². The monoisotopic (exact) mass is 459 g/mol. The molecule has 148 valence electrons. The summed E-state index contributed by atoms with van der Waals surface area (Å²) in [4.78, 5) is 27.8. The number of alkyl halides is 3. The van der Waals surface area contributed by atoms with Gasteiger partial charge in [0, 0.05) is 27.8 Å². The van der Waals surface area contributed by atoms with Gasteiger partial charge in [-0.05, 0) is 45.8 Å². The van der Waals surface area contributed by atoms with Gasteiger partial charge in [0.25, 0.3) is 5.91 Å². The Bertz CT molecular complexity index is 1030. The molecule has 3 aromatic rings. The highest BCUT2D eigenvalue weighted by Gasteiger charge is 2.38. The van der Waals surface area contributed by atoms with Crippen molar-refractivity contribution in [2.45, 2.75) is 6.18 Å². The number of nitrogens with zero attached hydrogens (tertiary/aromatic N) is 1. The number of aromatic amines is 1. The molecule has 1 amide bonds. The van der Waals surface area contributed by atoms with Gasteiger partial charge in [-0.15, -0.1) is 0 Å². The number of pyridine rings is 1. The standard InChI is InChI=1S/C15H12BrN3O2.C2HF3O2/c1-21-15-9(3-2-4-18-15)8-5-10-12(16)7-19-13(10)11(6-8)14(17)20;3-2(4,5)1(6)7/h2-7,19H,1H3,(H2,17,20);(H,6,7). The quantitative estimate of drug-likeness (QED) is 0.551. The number of hydrogen-bond acceptors (Lipinski definition) is 4. The Labute approximate surface area is 164 Å². The van der Waals surface area contributed by atoms with Gasteiger partial charge in [-0.2, -0.15) is 13.2 Å². The summed E-state index contributed by atoms with van der Waals surface area (Å²) in [5, 5.41) is 8.01. The van der Waals surface area contributed by atoms with Crippen LogP contribution in [0.3, 0.4) is 0 Å². The van der Waals surface area contributed by atoms with E-state index in [4.69, 9.17) is 20.4 Å². The lowest BCUT2D eigenvalue weighted by atomic mass is 10.0. The number of carbonyl (C=O) groups is 2. The van der Waals surface area contributed by atoms with E-state index in [1.165, 1.54) is 0 Å². The third-order valence-corrected chi connectivity index (χ3v) is 4.18. The van der Waals surface area contributed by atoms with E-state index in [1.54, 1.807) is 25.6 Å². The van der Waals surface area contributed by atoms with Gasteiger partial charge >= 0.3 is 12.1 Å². The highest BCUT2D eigenvalue weighted by molar-refractivity contribution is 9.10. The number of amides is 1. The van der Waals surface area contributed by atoms with E-state index in [9.17, 15) is 18.0 Å². The molecule has 0 aliphatic rings. The highest BCUT2D eigenvalue weighted by atomic mass is 79.9. The van der Waals surface area contributed by atoms with E-state index in [2.05, 4.69) is 25.9 Å². The lowest BCUT2D eigenvalue weighted by molar-refractivity contribution is -0.192. The Kier molecular flexibility index (Phi) is 6.29. The van der Waals surface area contributed by atoms with E-state index in [1.807, 2.05) is 18.2 Å². The summed E-state index contributed by atoms with van der Waals surface area (Å²) >= 11 is 3.46. The molecule has 1 aromatic carbocycles. The van der Waals surface area contributed by atoms with Crippen LogP contribution in [0.1, 0.15) is 10.4 Å². The van der Waals surface area contributed by atoms with Crippen LogP contribution in [0.2, 0.25) is 0 Å². The summed E-state index contributed by atoms with van der Waals surface area (Å²) in [6.07, 6.45) is -1.65. The molecule has 4 N–H and O–H groups in total. The number of primary amides is 1. The fraction of sp³-hybridized carbons (Fsp3) is 0.118. The second-order valence-corrected chi connectivity index (χ2v) is 6.16. The molecule has 0 bridgehead atoms. The van der Waals surface area contributed by atoms with Gasteiger partial charge in [0.05, 0.1) is 18.2 Å². The van der Waals surface area contributed by atoms with Crippen molar-refractivity contribution in [1.29, 1.82) is 0 Å². The van der Waals surface area contributed by atoms with Crippen molar-refractivity contribution in [1.82, 2.24) is 9.97 Å². The Morgan fingerprint density at radius 1 is 1.32 bits per heavy atom. The van der Waals surface area contributed by atoms with E-state index in [-0.39, 0.29) is 0 Å². The van der Waals surface area contributed by atoms with Gasteiger partial charge in [0.2, 0.25) is 5.88 Å². The molecule has 7 nitrogen and oxygen atoms in total. The minimum absolute atomic E-state index is 0.430. The van der Waals surface area contributed by atoms with Crippen LogP contribution in [0.4, 0.5) is 13.2 Å². The van der Waals surface area contributed by atoms with Crippen LogP contribution in [0.25, 0.3) is 22.0 Å². The number of halogens is 4. The minimum atomic E-state index is -5.08. The first kappa shape index (κ1) is 21.2. The smallest absolute Gasteiger partial charge is 0.481 e. The van der Waals surface area contributed by atoms with Gasteiger partial charge in [-0.3, -0.25) is 4.79 Å². The molecule has 0 aliphatic carbocycles. The number of aromatic nitrogens is 2. The molecule has 0 fully saturated rings. The van der Waals surface area contributed by atoms with Crippen molar-refractivity contribution >= 4 is 38.7 Å². The molecule has 0 unspecified atom stereocenters. The van der Waals surface area contributed by atoms with Crippen LogP contribution in [-0.4, -0.2) is 40.2 Å². The number of benzene rings is 1. The number of H-pyrrole nitrogens is 1. The molecule has 2 aromatic heterocycles. The molecule has 28 heavy (non-hydrogen) atoms. The van der Waals surface area contributed by atoms with Gasteiger partial charge in [0.1, 0.15) is 0 Å². The predicted octanol–water partition coefficient (Wildman–Crippen LogP) is 3.73. The fourth-order valence-electron chi connectivity index (χ4n) is 2.32. The highest BCUT2D eigenvalue weighted by Crippen LogP contribution is 2.34. The zero-order valence-corrected chi connectivity index (χ0v) is 15.8. The Balaban J connectivity index is 0.000000345. The summed E-state index contributed by atoms with van der Waals surface area (Å²) in [5.74, 6) is -2.74. The summed E-state index contributed by atoms with van der Waals surface area (Å²) in [7, 11) is 1.56. The number of carboxylic acids is 1. The number of aliphatic carboxylic acids is 1. The fourth-order valence-corrected chi connectivity index (χ4v) is 2.75. The Hall–Kier alpha value is -3.08. The molecule has 0 saturated carbocycles. The second-order valence-electron chi connectivity index (χ2n) is 5.31. The maximum absolute atomic E-state index is 11.7. The third kappa shape index (κ3) is 4.60. The largest absolute Gasteiger partial charge is 0.490 e. The maximum atomic E-state index is 11.7. The number of methoxy groups -OCH3 is 1. The minimum Gasteiger partial charge on any atom is -0.481 e. The van der Waals surface area contributed by atoms with Gasteiger partial charge < -0.3 is 20.6 Å². The normalized spacial score (nSPS) is 10.9. The number of ether oxygens (including phenoxy) is 1. The Morgan fingerprint density at radius 2 is 1.96 bits per heavy atom. The zero-order valence-electron chi connectivity index (χ0n) is 14.2. The van der Waals surface area contributed by atoms with Gasteiger partial charge in [0.15, 0.2) is 0 Å². The van der Waals surface area contributed by atoms with Crippen LogP contribution in [-0.2, 0) is 4.79 Å². The first-order valence-electron chi connectivity index (χ1n) is 7.46. The summed E-state index contributed by atoms with van der Waals surface area (Å²) in [5.41, 5.74) is 8.25. The molecule has 0 saturated heterocycles. The molecule has 2 heterocycles. The van der Waals surface area contributed by atoms with Crippen LogP contribution < -0.4 is 10.5 Å². The predicted molar refractivity (Wildman–Crippen MR) is 98.0 cm³/mol. The average Bonchev–Trinajstić information content (AvgIpc) is 3.01. The van der Waals surface area contributed by atoms with E-state index in [0.29, 0.717) is 17.0 Å². The van der Waals surface area contributed by atoms with Crippen LogP contribution >= 0.6 is 15.9 Å². The molecular formula is C17H13BrF3N3O4. The molecule has 0 spiro atoms. The van der Waals surface area contributed by atoms with Crippen LogP contribution in [0, 0.1) is 0 Å². The number of carboxylic acid groups (broad SMARTS) is 1. The number of nitrogens with one attached hydrogen (secondary N) is 1. The van der Waals surface area contributed by atoms with Gasteiger partial charge in [-0.25, -0.2) is 9.78 Å². The van der Waals surface area contributed by atoms with Crippen LogP contribution in [0.5, 0.6) is 5.88 Å². The maximum Gasteiger partial charge on any atom is 0.490 e. The van der Waals surface area contributed by atoms with Crippen molar-refractivity contribution in [3.05, 3.63) is 46.7 Å². The molecule has 3 rings (SSSR count). The SMILES string of the molecule is COc1ncccc1-c1cc(C(N)=O)c2[nH]cc(Br)c2c1.O=C(O)C(F)(F)F. The van der Waals surface area contributed by atoms with Crippen molar-refractivity contribution in [2.24, 2.45) is 5.73 Å². The summed E-state index contributed by atoms with van der Waals surface area (Å²) in [6.45, 7) is 0. The molecule has 11 heteroatoms. The second kappa shape index (κ2) is 8.30. The number of nitrogens with two attached hydrogens (primary N) is 1.